The first kappa shape index (κ1) is 16.5. The number of amides is 1. The Bertz CT molecular complexity index is 575. The van der Waals surface area contributed by atoms with Gasteiger partial charge >= 0.3 is 0 Å². The maximum atomic E-state index is 12.5. The fraction of sp³-hybridized carbons (Fsp3) is 0.556. The molecule has 4 nitrogen and oxygen atoms in total. The Balaban J connectivity index is 1.52. The molecule has 1 saturated heterocycles. The van der Waals surface area contributed by atoms with Crippen molar-refractivity contribution in [3.63, 3.8) is 0 Å². The maximum absolute atomic E-state index is 12.5. The van der Waals surface area contributed by atoms with E-state index in [1.165, 1.54) is 0 Å². The number of hydrogen-bond donors (Lipinski definition) is 1. The number of halogens is 1. The summed E-state index contributed by atoms with van der Waals surface area (Å²) in [5, 5.41) is 3.70. The number of nitrogens with zero attached hydrogens (tertiary/aromatic N) is 1. The third kappa shape index (κ3) is 4.12. The summed E-state index contributed by atoms with van der Waals surface area (Å²) in [6.07, 6.45) is 3.83. The van der Waals surface area contributed by atoms with Gasteiger partial charge in [0.2, 0.25) is 5.91 Å². The van der Waals surface area contributed by atoms with E-state index in [1.807, 2.05) is 6.92 Å². The van der Waals surface area contributed by atoms with E-state index in [0.29, 0.717) is 11.1 Å². The predicted molar refractivity (Wildman–Crippen MR) is 90.7 cm³/mol. The Morgan fingerprint density at radius 3 is 2.30 bits per heavy atom. The highest BCUT2D eigenvalue weighted by molar-refractivity contribution is 6.30. The molecule has 1 aromatic carbocycles. The third-order valence-corrected chi connectivity index (χ3v) is 5.13. The lowest BCUT2D eigenvalue weighted by Crippen LogP contribution is -2.49. The molecule has 3 rings (SSSR count). The smallest absolute Gasteiger partial charge is 0.237 e. The fourth-order valence-electron chi connectivity index (χ4n) is 3.11. The number of piperidine rings is 1. The molecule has 1 aromatic rings. The molecule has 1 atom stereocenters. The van der Waals surface area contributed by atoms with Crippen LogP contribution in [-0.4, -0.2) is 41.8 Å². The van der Waals surface area contributed by atoms with E-state index in [0.717, 1.165) is 44.3 Å². The number of hydrogen-bond acceptors (Lipinski definition) is 3. The maximum Gasteiger partial charge on any atom is 0.237 e. The number of carbonyl (C=O) groups excluding carboxylic acids is 2. The number of Topliss-reactive ketones (excluding diaryl/α,β-unsaturated/α-hetero) is 1. The summed E-state index contributed by atoms with van der Waals surface area (Å²) in [6.45, 7) is 3.55. The summed E-state index contributed by atoms with van der Waals surface area (Å²) in [5.74, 6) is 0.359. The van der Waals surface area contributed by atoms with Crippen molar-refractivity contribution in [1.29, 1.82) is 0 Å². The van der Waals surface area contributed by atoms with Crippen LogP contribution in [0.25, 0.3) is 0 Å². The summed E-state index contributed by atoms with van der Waals surface area (Å²) >= 11 is 5.87. The molecule has 124 valence electrons. The van der Waals surface area contributed by atoms with Gasteiger partial charge in [0.25, 0.3) is 0 Å². The van der Waals surface area contributed by atoms with E-state index < -0.39 is 0 Å². The second kappa shape index (κ2) is 7.02. The summed E-state index contributed by atoms with van der Waals surface area (Å²) in [7, 11) is 0. The average molecular weight is 335 g/mol. The first-order valence-electron chi connectivity index (χ1n) is 8.39. The molecule has 5 heteroatoms. The Kier molecular flexibility index (Phi) is 5.02. The molecule has 2 aliphatic rings. The van der Waals surface area contributed by atoms with Crippen LogP contribution in [0.3, 0.4) is 0 Å². The number of carbonyl (C=O) groups is 2. The van der Waals surface area contributed by atoms with Gasteiger partial charge < -0.3 is 5.32 Å². The van der Waals surface area contributed by atoms with Crippen molar-refractivity contribution in [2.24, 2.45) is 5.92 Å². The van der Waals surface area contributed by atoms with E-state index in [-0.39, 0.29) is 23.7 Å². The second-order valence-corrected chi connectivity index (χ2v) is 7.08. The van der Waals surface area contributed by atoms with E-state index in [4.69, 9.17) is 11.6 Å². The summed E-state index contributed by atoms with van der Waals surface area (Å²) in [6, 6.07) is 7.39. The minimum Gasteiger partial charge on any atom is -0.352 e. The summed E-state index contributed by atoms with van der Waals surface area (Å²) in [5.41, 5.74) is 0.729. The van der Waals surface area contributed by atoms with Crippen molar-refractivity contribution in [3.05, 3.63) is 34.9 Å². The van der Waals surface area contributed by atoms with Gasteiger partial charge in [-0.25, -0.2) is 0 Å². The fourth-order valence-corrected chi connectivity index (χ4v) is 3.24. The molecule has 23 heavy (non-hydrogen) atoms. The van der Waals surface area contributed by atoms with Gasteiger partial charge in [0.1, 0.15) is 0 Å². The van der Waals surface area contributed by atoms with Crippen molar-refractivity contribution in [2.45, 2.75) is 44.7 Å². The van der Waals surface area contributed by atoms with Crippen LogP contribution < -0.4 is 5.32 Å². The minimum atomic E-state index is -0.109. The Hall–Kier alpha value is -1.39. The van der Waals surface area contributed by atoms with E-state index in [1.54, 1.807) is 24.3 Å². The third-order valence-electron chi connectivity index (χ3n) is 4.88. The quantitative estimate of drug-likeness (QED) is 0.842. The van der Waals surface area contributed by atoms with Gasteiger partial charge in [0, 0.05) is 22.5 Å². The highest BCUT2D eigenvalue weighted by Gasteiger charge is 2.32. The van der Waals surface area contributed by atoms with Crippen LogP contribution in [0, 0.1) is 5.92 Å². The lowest BCUT2D eigenvalue weighted by Gasteiger charge is -2.34. The highest BCUT2D eigenvalue weighted by atomic mass is 35.5. The molecule has 1 heterocycles. The highest BCUT2D eigenvalue weighted by Crippen LogP contribution is 2.24. The number of rotatable bonds is 5. The van der Waals surface area contributed by atoms with Crippen molar-refractivity contribution in [3.8, 4) is 0 Å². The van der Waals surface area contributed by atoms with Gasteiger partial charge in [0.15, 0.2) is 5.78 Å². The topological polar surface area (TPSA) is 49.4 Å². The van der Waals surface area contributed by atoms with E-state index in [2.05, 4.69) is 10.2 Å². The van der Waals surface area contributed by atoms with Gasteiger partial charge in [0.05, 0.1) is 6.04 Å². The van der Waals surface area contributed by atoms with Crippen molar-refractivity contribution in [1.82, 2.24) is 10.2 Å². The molecule has 0 unspecified atom stereocenters. The van der Waals surface area contributed by atoms with Crippen molar-refractivity contribution < 1.29 is 9.59 Å². The molecular weight excluding hydrogens is 312 g/mol. The van der Waals surface area contributed by atoms with Crippen molar-refractivity contribution >= 4 is 23.3 Å². The number of benzene rings is 1. The molecule has 1 aliphatic heterocycles. The van der Waals surface area contributed by atoms with Crippen LogP contribution in [0.2, 0.25) is 5.02 Å². The zero-order chi connectivity index (χ0) is 16.4. The van der Waals surface area contributed by atoms with Crippen LogP contribution in [0.15, 0.2) is 24.3 Å². The Morgan fingerprint density at radius 2 is 1.74 bits per heavy atom. The second-order valence-electron chi connectivity index (χ2n) is 6.64. The van der Waals surface area contributed by atoms with Gasteiger partial charge in [-0.05, 0) is 70.0 Å². The molecule has 1 aliphatic carbocycles. The van der Waals surface area contributed by atoms with Crippen LogP contribution in [-0.2, 0) is 4.79 Å². The number of ketones is 1. The number of likely N-dealkylation sites (tertiary alicyclic amines) is 1. The summed E-state index contributed by atoms with van der Waals surface area (Å²) in [4.78, 5) is 26.8. The van der Waals surface area contributed by atoms with Crippen LogP contribution in [0.1, 0.15) is 43.0 Å². The molecule has 0 aromatic heterocycles. The minimum absolute atomic E-state index is 0.0473. The summed E-state index contributed by atoms with van der Waals surface area (Å²) < 4.78 is 0. The zero-order valence-corrected chi connectivity index (χ0v) is 14.2. The zero-order valence-electron chi connectivity index (χ0n) is 13.4. The van der Waals surface area contributed by atoms with Gasteiger partial charge in [-0.2, -0.15) is 0 Å². The van der Waals surface area contributed by atoms with Crippen molar-refractivity contribution in [2.75, 3.05) is 13.1 Å². The van der Waals surface area contributed by atoms with Gasteiger partial charge in [-0.3, -0.25) is 14.5 Å². The van der Waals surface area contributed by atoms with Crippen LogP contribution in [0.5, 0.6) is 0 Å². The largest absolute Gasteiger partial charge is 0.352 e. The average Bonchev–Trinajstić information content (AvgIpc) is 3.38. The van der Waals surface area contributed by atoms with E-state index >= 15 is 0 Å². The number of nitrogens with one attached hydrogen (secondary N) is 1. The Morgan fingerprint density at radius 1 is 1.13 bits per heavy atom. The van der Waals surface area contributed by atoms with Crippen LogP contribution >= 0.6 is 11.6 Å². The molecular formula is C18H23ClN2O2. The Labute approximate surface area is 142 Å². The first-order valence-corrected chi connectivity index (χ1v) is 8.76. The lowest BCUT2D eigenvalue weighted by molar-refractivity contribution is -0.126. The normalized spacial score (nSPS) is 21.0. The lowest BCUT2D eigenvalue weighted by atomic mass is 9.88. The molecule has 0 radical (unpaired) electrons. The predicted octanol–water partition coefficient (Wildman–Crippen LogP) is 2.90. The standard InChI is InChI=1S/C18H23ClN2O2/c1-12(18(23)20-16-6-7-16)21-10-8-14(9-11-21)17(22)13-2-4-15(19)5-3-13/h2-5,12,14,16H,6-11H2,1H3,(H,20,23)/t12-/m0/s1. The van der Waals surface area contributed by atoms with Gasteiger partial charge in [-0.1, -0.05) is 11.6 Å². The molecule has 2 fully saturated rings. The molecule has 1 N–H and O–H groups in total. The molecule has 1 amide bonds. The van der Waals surface area contributed by atoms with Crippen LogP contribution in [0.4, 0.5) is 0 Å². The first-order chi connectivity index (χ1) is 11.0. The molecule has 0 bridgehead atoms. The van der Waals surface area contributed by atoms with E-state index in [9.17, 15) is 9.59 Å². The SMILES string of the molecule is C[C@@H](C(=O)NC1CC1)N1CCC(C(=O)c2ccc(Cl)cc2)CC1. The molecule has 0 spiro atoms. The monoisotopic (exact) mass is 334 g/mol. The van der Waals surface area contributed by atoms with Gasteiger partial charge in [-0.15, -0.1) is 0 Å². The molecule has 1 saturated carbocycles.